The average molecular weight is 159 g/mol. The van der Waals surface area contributed by atoms with Crippen LogP contribution in [0.15, 0.2) is 6.20 Å². The predicted octanol–water partition coefficient (Wildman–Crippen LogP) is 2.26. The van der Waals surface area contributed by atoms with E-state index in [0.717, 1.165) is 12.0 Å². The molecule has 0 spiro atoms. The van der Waals surface area contributed by atoms with Crippen LogP contribution in [0.5, 0.6) is 0 Å². The number of hydrogen-bond acceptors (Lipinski definition) is 1. The van der Waals surface area contributed by atoms with Crippen molar-refractivity contribution in [2.24, 2.45) is 5.92 Å². The van der Waals surface area contributed by atoms with Gasteiger partial charge in [0.25, 0.3) is 0 Å². The van der Waals surface area contributed by atoms with Gasteiger partial charge in [0.2, 0.25) is 0 Å². The summed E-state index contributed by atoms with van der Waals surface area (Å²) in [6.45, 7) is 4.31. The summed E-state index contributed by atoms with van der Waals surface area (Å²) < 4.78 is 0. The van der Waals surface area contributed by atoms with Gasteiger partial charge in [0.15, 0.2) is 0 Å². The van der Waals surface area contributed by atoms with Gasteiger partial charge in [-0.1, -0.05) is 25.4 Å². The first-order valence-electron chi connectivity index (χ1n) is 3.38. The van der Waals surface area contributed by atoms with Gasteiger partial charge in [0.05, 0.1) is 6.20 Å². The summed E-state index contributed by atoms with van der Waals surface area (Å²) in [6, 6.07) is 0. The van der Waals surface area contributed by atoms with Gasteiger partial charge in [-0.25, -0.2) is 0 Å². The Hall–Kier alpha value is -0.500. The van der Waals surface area contributed by atoms with Gasteiger partial charge >= 0.3 is 0 Å². The largest absolute Gasteiger partial charge is 0.267 e. The second-order valence-electron chi connectivity index (χ2n) is 2.81. The lowest BCUT2D eigenvalue weighted by molar-refractivity contribution is 0.647. The Morgan fingerprint density at radius 3 is 2.80 bits per heavy atom. The molecular formula is C7H11ClN2. The van der Waals surface area contributed by atoms with Crippen LogP contribution in [-0.2, 0) is 6.42 Å². The van der Waals surface area contributed by atoms with E-state index in [1.165, 1.54) is 0 Å². The van der Waals surface area contributed by atoms with Gasteiger partial charge in [0.1, 0.15) is 5.15 Å². The number of aromatic nitrogens is 2. The molecule has 1 heterocycles. The SMILES string of the molecule is CC(C)Cc1cn[nH]c1Cl. The maximum Gasteiger partial charge on any atom is 0.127 e. The van der Waals surface area contributed by atoms with Crippen LogP contribution in [0, 0.1) is 5.92 Å². The van der Waals surface area contributed by atoms with Crippen molar-refractivity contribution in [2.75, 3.05) is 0 Å². The molecule has 10 heavy (non-hydrogen) atoms. The first kappa shape index (κ1) is 7.61. The zero-order valence-corrected chi connectivity index (χ0v) is 6.94. The highest BCUT2D eigenvalue weighted by atomic mass is 35.5. The first-order chi connectivity index (χ1) is 4.70. The number of halogens is 1. The second-order valence-corrected chi connectivity index (χ2v) is 3.19. The van der Waals surface area contributed by atoms with Crippen LogP contribution in [0.2, 0.25) is 5.15 Å². The zero-order chi connectivity index (χ0) is 7.56. The van der Waals surface area contributed by atoms with Gasteiger partial charge in [-0.05, 0) is 12.3 Å². The number of H-pyrrole nitrogens is 1. The molecule has 1 rings (SSSR count). The third kappa shape index (κ3) is 1.74. The van der Waals surface area contributed by atoms with Crippen molar-refractivity contribution in [3.63, 3.8) is 0 Å². The monoisotopic (exact) mass is 158 g/mol. The summed E-state index contributed by atoms with van der Waals surface area (Å²) in [5.74, 6) is 0.634. The molecule has 1 N–H and O–H groups in total. The molecule has 0 unspecified atom stereocenters. The van der Waals surface area contributed by atoms with Crippen LogP contribution in [0.4, 0.5) is 0 Å². The Morgan fingerprint density at radius 2 is 2.40 bits per heavy atom. The molecule has 0 saturated carbocycles. The molecule has 1 aromatic heterocycles. The lowest BCUT2D eigenvalue weighted by Gasteiger charge is -1.99. The van der Waals surface area contributed by atoms with Crippen LogP contribution >= 0.6 is 11.6 Å². The Morgan fingerprint density at radius 1 is 1.70 bits per heavy atom. The molecule has 1 aromatic rings. The van der Waals surface area contributed by atoms with Gasteiger partial charge in [0, 0.05) is 5.56 Å². The predicted molar refractivity (Wildman–Crippen MR) is 42.1 cm³/mol. The van der Waals surface area contributed by atoms with Crippen molar-refractivity contribution in [3.05, 3.63) is 16.9 Å². The second kappa shape index (κ2) is 3.06. The van der Waals surface area contributed by atoms with Crippen LogP contribution in [-0.4, -0.2) is 10.2 Å². The van der Waals surface area contributed by atoms with Crippen molar-refractivity contribution in [3.8, 4) is 0 Å². The van der Waals surface area contributed by atoms with E-state index in [1.807, 2.05) is 0 Å². The van der Waals surface area contributed by atoms with E-state index in [-0.39, 0.29) is 0 Å². The van der Waals surface area contributed by atoms with E-state index in [0.29, 0.717) is 11.1 Å². The van der Waals surface area contributed by atoms with Gasteiger partial charge in [-0.3, -0.25) is 5.10 Å². The van der Waals surface area contributed by atoms with Crippen molar-refractivity contribution < 1.29 is 0 Å². The van der Waals surface area contributed by atoms with Gasteiger partial charge in [-0.2, -0.15) is 5.10 Å². The zero-order valence-electron chi connectivity index (χ0n) is 6.19. The summed E-state index contributed by atoms with van der Waals surface area (Å²) in [5, 5.41) is 7.18. The minimum atomic E-state index is 0.634. The smallest absolute Gasteiger partial charge is 0.127 e. The van der Waals surface area contributed by atoms with E-state index in [2.05, 4.69) is 24.0 Å². The van der Waals surface area contributed by atoms with Gasteiger partial charge in [-0.15, -0.1) is 0 Å². The summed E-state index contributed by atoms with van der Waals surface area (Å²) in [4.78, 5) is 0. The highest BCUT2D eigenvalue weighted by Crippen LogP contribution is 2.14. The minimum absolute atomic E-state index is 0.634. The number of nitrogens with zero attached hydrogens (tertiary/aromatic N) is 1. The molecule has 0 amide bonds. The number of aromatic amines is 1. The number of hydrogen-bond donors (Lipinski definition) is 1. The molecule has 0 atom stereocenters. The molecule has 0 saturated heterocycles. The normalized spacial score (nSPS) is 10.8. The molecule has 0 aliphatic carbocycles. The highest BCUT2D eigenvalue weighted by Gasteiger charge is 2.03. The Labute approximate surface area is 65.6 Å². The molecule has 0 aliphatic heterocycles. The molecule has 3 heteroatoms. The summed E-state index contributed by atoms with van der Waals surface area (Å²) in [5.41, 5.74) is 1.11. The van der Waals surface area contributed by atoms with Crippen LogP contribution in [0.3, 0.4) is 0 Å². The molecule has 0 bridgehead atoms. The molecule has 0 aromatic carbocycles. The molecule has 0 fully saturated rings. The molecular weight excluding hydrogens is 148 g/mol. The van der Waals surface area contributed by atoms with Crippen LogP contribution < -0.4 is 0 Å². The average Bonchev–Trinajstić information content (AvgIpc) is 2.15. The standard InChI is InChI=1S/C7H11ClN2/c1-5(2)3-6-4-9-10-7(6)8/h4-5H,3H2,1-2H3,(H,9,10). The van der Waals surface area contributed by atoms with Crippen molar-refractivity contribution in [2.45, 2.75) is 20.3 Å². The molecule has 0 radical (unpaired) electrons. The fourth-order valence-electron chi connectivity index (χ4n) is 0.877. The fraction of sp³-hybridized carbons (Fsp3) is 0.571. The third-order valence-corrected chi connectivity index (χ3v) is 1.62. The van der Waals surface area contributed by atoms with Gasteiger partial charge < -0.3 is 0 Å². The van der Waals surface area contributed by atoms with E-state index in [9.17, 15) is 0 Å². The maximum atomic E-state index is 5.77. The minimum Gasteiger partial charge on any atom is -0.267 e. The van der Waals surface area contributed by atoms with Crippen LogP contribution in [0.25, 0.3) is 0 Å². The van der Waals surface area contributed by atoms with E-state index in [1.54, 1.807) is 6.20 Å². The Bertz CT molecular complexity index is 205. The lowest BCUT2D eigenvalue weighted by Crippen LogP contribution is -1.92. The van der Waals surface area contributed by atoms with Crippen LogP contribution in [0.1, 0.15) is 19.4 Å². The summed E-state index contributed by atoms with van der Waals surface area (Å²) in [7, 11) is 0. The van der Waals surface area contributed by atoms with Crippen molar-refractivity contribution >= 4 is 11.6 Å². The van der Waals surface area contributed by atoms with E-state index < -0.39 is 0 Å². The Kier molecular flexibility index (Phi) is 2.33. The summed E-state index contributed by atoms with van der Waals surface area (Å²) in [6.07, 6.45) is 2.78. The third-order valence-electron chi connectivity index (χ3n) is 1.29. The topological polar surface area (TPSA) is 28.7 Å². The lowest BCUT2D eigenvalue weighted by atomic mass is 10.1. The molecule has 0 aliphatic rings. The number of nitrogens with one attached hydrogen (secondary N) is 1. The highest BCUT2D eigenvalue weighted by molar-refractivity contribution is 6.30. The van der Waals surface area contributed by atoms with E-state index >= 15 is 0 Å². The molecule has 56 valence electrons. The van der Waals surface area contributed by atoms with Crippen molar-refractivity contribution in [1.82, 2.24) is 10.2 Å². The van der Waals surface area contributed by atoms with Crippen molar-refractivity contribution in [1.29, 1.82) is 0 Å². The quantitative estimate of drug-likeness (QED) is 0.703. The fourth-order valence-corrected chi connectivity index (χ4v) is 1.05. The molecule has 2 nitrogen and oxygen atoms in total. The van der Waals surface area contributed by atoms with E-state index in [4.69, 9.17) is 11.6 Å². The maximum absolute atomic E-state index is 5.77. The summed E-state index contributed by atoms with van der Waals surface area (Å²) >= 11 is 5.77. The number of rotatable bonds is 2. The first-order valence-corrected chi connectivity index (χ1v) is 3.75. The Balaban J connectivity index is 2.65.